The monoisotopic (exact) mass is 266 g/mol. The molecule has 0 spiro atoms. The van der Waals surface area contributed by atoms with Gasteiger partial charge in [0.1, 0.15) is 6.29 Å². The maximum atomic E-state index is 11.5. The first-order valence-electron chi connectivity index (χ1n) is 7.03. The quantitative estimate of drug-likeness (QED) is 0.864. The minimum absolute atomic E-state index is 0.0445. The number of benzene rings is 2. The van der Waals surface area contributed by atoms with Gasteiger partial charge in [0.15, 0.2) is 0 Å². The third kappa shape index (κ3) is 2.06. The van der Waals surface area contributed by atoms with Gasteiger partial charge in [0.2, 0.25) is 0 Å². The van der Waals surface area contributed by atoms with Crippen LogP contribution in [0.3, 0.4) is 0 Å². The summed E-state index contributed by atoms with van der Waals surface area (Å²) < 4.78 is 0. The molecule has 0 bridgehead atoms. The summed E-state index contributed by atoms with van der Waals surface area (Å²) in [4.78, 5) is 11.5. The van der Waals surface area contributed by atoms with Crippen LogP contribution in [0.2, 0.25) is 0 Å². The fourth-order valence-corrected chi connectivity index (χ4v) is 3.56. The van der Waals surface area contributed by atoms with Crippen molar-refractivity contribution in [2.75, 3.05) is 6.61 Å². The number of aldehydes is 1. The van der Waals surface area contributed by atoms with Crippen LogP contribution in [-0.2, 0) is 4.79 Å². The Morgan fingerprint density at radius 1 is 0.850 bits per heavy atom. The van der Waals surface area contributed by atoms with E-state index in [9.17, 15) is 9.90 Å². The van der Waals surface area contributed by atoms with Gasteiger partial charge in [-0.15, -0.1) is 0 Å². The third-order valence-corrected chi connectivity index (χ3v) is 4.49. The molecular formula is C18H18O2. The average molecular weight is 266 g/mol. The summed E-state index contributed by atoms with van der Waals surface area (Å²) in [5, 5.41) is 9.75. The van der Waals surface area contributed by atoms with E-state index < -0.39 is 0 Å². The molecule has 1 fully saturated rings. The highest BCUT2D eigenvalue weighted by molar-refractivity contribution is 5.62. The van der Waals surface area contributed by atoms with E-state index in [2.05, 4.69) is 0 Å². The van der Waals surface area contributed by atoms with Gasteiger partial charge in [0.25, 0.3) is 0 Å². The summed E-state index contributed by atoms with van der Waals surface area (Å²) in [5.74, 6) is 0.333. The maximum Gasteiger partial charge on any atom is 0.124 e. The first-order valence-corrected chi connectivity index (χ1v) is 7.03. The molecule has 3 rings (SSSR count). The fraction of sp³-hybridized carbons (Fsp3) is 0.278. The second-order valence-electron chi connectivity index (χ2n) is 5.43. The highest BCUT2D eigenvalue weighted by atomic mass is 16.3. The lowest BCUT2D eigenvalue weighted by Crippen LogP contribution is -2.46. The number of carbonyl (C=O) groups is 1. The van der Waals surface area contributed by atoms with Gasteiger partial charge in [0, 0.05) is 12.5 Å². The molecule has 2 atom stereocenters. The molecule has 2 aromatic rings. The van der Waals surface area contributed by atoms with Crippen LogP contribution >= 0.6 is 0 Å². The van der Waals surface area contributed by atoms with Gasteiger partial charge in [-0.3, -0.25) is 0 Å². The lowest BCUT2D eigenvalue weighted by molar-refractivity contribution is -0.118. The normalized spacial score (nSPS) is 28.6. The Labute approximate surface area is 119 Å². The van der Waals surface area contributed by atoms with Crippen LogP contribution in [-0.4, -0.2) is 18.0 Å². The summed E-state index contributed by atoms with van der Waals surface area (Å²) in [6.07, 6.45) is 1.06. The van der Waals surface area contributed by atoms with Crippen LogP contribution in [0, 0.1) is 11.8 Å². The Hall–Kier alpha value is -1.93. The lowest BCUT2D eigenvalue weighted by Gasteiger charge is -2.49. The second-order valence-corrected chi connectivity index (χ2v) is 5.43. The molecule has 0 unspecified atom stereocenters. The first kappa shape index (κ1) is 13.1. The van der Waals surface area contributed by atoms with Crippen molar-refractivity contribution in [3.05, 3.63) is 71.8 Å². The molecule has 0 aliphatic heterocycles. The van der Waals surface area contributed by atoms with Gasteiger partial charge >= 0.3 is 0 Å². The molecule has 20 heavy (non-hydrogen) atoms. The van der Waals surface area contributed by atoms with Crippen LogP contribution < -0.4 is 0 Å². The van der Waals surface area contributed by atoms with E-state index in [0.717, 1.165) is 17.4 Å². The van der Waals surface area contributed by atoms with E-state index in [0.29, 0.717) is 0 Å². The Morgan fingerprint density at radius 3 is 1.65 bits per heavy atom. The third-order valence-electron chi connectivity index (χ3n) is 4.49. The number of aliphatic hydroxyl groups is 1. The number of carbonyl (C=O) groups excluding carboxylic acids is 1. The van der Waals surface area contributed by atoms with Gasteiger partial charge in [-0.05, 0) is 28.9 Å². The number of rotatable bonds is 4. The molecule has 0 aromatic heterocycles. The summed E-state index contributed by atoms with van der Waals surface area (Å²) >= 11 is 0. The minimum Gasteiger partial charge on any atom is -0.396 e. The molecule has 1 aliphatic carbocycles. The van der Waals surface area contributed by atoms with Crippen molar-refractivity contribution in [2.24, 2.45) is 11.8 Å². The Morgan fingerprint density at radius 2 is 1.30 bits per heavy atom. The van der Waals surface area contributed by atoms with Crippen molar-refractivity contribution in [2.45, 2.75) is 11.8 Å². The van der Waals surface area contributed by atoms with Crippen LogP contribution in [0.5, 0.6) is 0 Å². The second kappa shape index (κ2) is 5.59. The largest absolute Gasteiger partial charge is 0.396 e. The summed E-state index contributed by atoms with van der Waals surface area (Å²) in [6, 6.07) is 20.1. The molecule has 2 aromatic carbocycles. The van der Waals surface area contributed by atoms with E-state index in [-0.39, 0.29) is 30.3 Å². The molecule has 1 aliphatic rings. The van der Waals surface area contributed by atoms with Crippen LogP contribution in [0.1, 0.15) is 23.0 Å². The minimum atomic E-state index is -0.0445. The molecule has 0 radical (unpaired) electrons. The van der Waals surface area contributed by atoms with Gasteiger partial charge in [-0.25, -0.2) is 0 Å². The van der Waals surface area contributed by atoms with Gasteiger partial charge in [0.05, 0.1) is 0 Å². The highest BCUT2D eigenvalue weighted by Crippen LogP contribution is 2.56. The van der Waals surface area contributed by atoms with Gasteiger partial charge < -0.3 is 9.90 Å². The number of aliphatic hydroxyl groups excluding tert-OH is 1. The summed E-state index contributed by atoms with van der Waals surface area (Å²) in [7, 11) is 0. The number of hydrogen-bond acceptors (Lipinski definition) is 2. The van der Waals surface area contributed by atoms with Crippen molar-refractivity contribution in [3.8, 4) is 0 Å². The molecule has 0 amide bonds. The molecule has 1 saturated carbocycles. The molecule has 0 saturated heterocycles. The average Bonchev–Trinajstić information content (AvgIpc) is 2.49. The Bertz CT molecular complexity index is 517. The molecule has 2 nitrogen and oxygen atoms in total. The van der Waals surface area contributed by atoms with E-state index in [1.807, 2.05) is 60.7 Å². The molecule has 102 valence electrons. The fourth-order valence-electron chi connectivity index (χ4n) is 3.56. The summed E-state index contributed by atoms with van der Waals surface area (Å²) in [5.41, 5.74) is 2.30. The number of hydrogen-bond donors (Lipinski definition) is 1. The Kier molecular flexibility index (Phi) is 3.66. The topological polar surface area (TPSA) is 37.3 Å². The SMILES string of the molecule is O=C[C@H]1[C@H](c2ccccc2)[C@@H](CO)[C@H]1c1ccccc1. The van der Waals surface area contributed by atoms with Crippen molar-refractivity contribution in [3.63, 3.8) is 0 Å². The Balaban J connectivity index is 1.93. The standard InChI is InChI=1S/C18H18O2/c19-11-15-17(13-7-3-1-4-8-13)16(12-20)18(15)14-9-5-2-6-10-14/h1-11,15-18,20H,12H2/t15-,16+,17-,18-/m0/s1. The van der Waals surface area contributed by atoms with Crippen LogP contribution in [0.15, 0.2) is 60.7 Å². The summed E-state index contributed by atoms with van der Waals surface area (Å²) in [6.45, 7) is 0.115. The predicted octanol–water partition coefficient (Wildman–Crippen LogP) is 2.99. The van der Waals surface area contributed by atoms with E-state index in [4.69, 9.17) is 0 Å². The smallest absolute Gasteiger partial charge is 0.124 e. The molecule has 0 heterocycles. The maximum absolute atomic E-state index is 11.5. The van der Waals surface area contributed by atoms with E-state index >= 15 is 0 Å². The van der Waals surface area contributed by atoms with Gasteiger partial charge in [-0.1, -0.05) is 60.7 Å². The van der Waals surface area contributed by atoms with Crippen LogP contribution in [0.25, 0.3) is 0 Å². The lowest BCUT2D eigenvalue weighted by atomic mass is 9.53. The zero-order valence-electron chi connectivity index (χ0n) is 11.2. The molecular weight excluding hydrogens is 248 g/mol. The van der Waals surface area contributed by atoms with Crippen molar-refractivity contribution >= 4 is 6.29 Å². The molecule has 2 heteroatoms. The van der Waals surface area contributed by atoms with Crippen molar-refractivity contribution < 1.29 is 9.90 Å². The van der Waals surface area contributed by atoms with Crippen molar-refractivity contribution in [1.29, 1.82) is 0 Å². The van der Waals surface area contributed by atoms with Crippen LogP contribution in [0.4, 0.5) is 0 Å². The molecule has 1 N–H and O–H groups in total. The zero-order valence-corrected chi connectivity index (χ0v) is 11.2. The van der Waals surface area contributed by atoms with E-state index in [1.165, 1.54) is 0 Å². The van der Waals surface area contributed by atoms with Gasteiger partial charge in [-0.2, -0.15) is 0 Å². The zero-order chi connectivity index (χ0) is 13.9. The first-order chi connectivity index (χ1) is 9.86. The van der Waals surface area contributed by atoms with E-state index in [1.54, 1.807) is 0 Å². The van der Waals surface area contributed by atoms with Crippen molar-refractivity contribution in [1.82, 2.24) is 0 Å². The predicted molar refractivity (Wildman–Crippen MR) is 78.5 cm³/mol. The highest BCUT2D eigenvalue weighted by Gasteiger charge is 2.50.